The summed E-state index contributed by atoms with van der Waals surface area (Å²) in [5.41, 5.74) is 1.98. The second kappa shape index (κ2) is 8.14. The molecule has 0 saturated carbocycles. The lowest BCUT2D eigenvalue weighted by molar-refractivity contribution is 0.111. The Kier molecular flexibility index (Phi) is 6.19. The summed E-state index contributed by atoms with van der Waals surface area (Å²) in [6.07, 6.45) is 1.77. The topological polar surface area (TPSA) is 50.5 Å². The molecule has 0 radical (unpaired) electrons. The van der Waals surface area contributed by atoms with E-state index in [9.17, 15) is 5.11 Å². The third-order valence-corrected chi connectivity index (χ3v) is 4.11. The van der Waals surface area contributed by atoms with Gasteiger partial charge in [-0.25, -0.2) is 0 Å². The van der Waals surface area contributed by atoms with Crippen LogP contribution in [-0.4, -0.2) is 53.7 Å². The molecule has 1 aromatic carbocycles. The number of rotatable bonds is 5. The van der Waals surface area contributed by atoms with Gasteiger partial charge in [0.1, 0.15) is 0 Å². The van der Waals surface area contributed by atoms with Crippen molar-refractivity contribution in [2.24, 2.45) is 0 Å². The van der Waals surface area contributed by atoms with Gasteiger partial charge in [0, 0.05) is 26.2 Å². The van der Waals surface area contributed by atoms with Gasteiger partial charge in [-0.05, 0) is 43.6 Å². The number of hydrogen-bond donors (Lipinski definition) is 1. The van der Waals surface area contributed by atoms with Crippen molar-refractivity contribution in [1.29, 1.82) is 5.26 Å². The predicted octanol–water partition coefficient (Wildman–Crippen LogP) is 1.84. The molecule has 114 valence electrons. The molecule has 1 heterocycles. The van der Waals surface area contributed by atoms with E-state index in [0.29, 0.717) is 5.56 Å². The van der Waals surface area contributed by atoms with E-state index >= 15 is 0 Å². The van der Waals surface area contributed by atoms with Crippen molar-refractivity contribution in [3.05, 3.63) is 35.4 Å². The van der Waals surface area contributed by atoms with Gasteiger partial charge in [-0.1, -0.05) is 19.1 Å². The average Bonchev–Trinajstić information content (AvgIpc) is 2.73. The second-order valence-electron chi connectivity index (χ2n) is 5.80. The van der Waals surface area contributed by atoms with Gasteiger partial charge >= 0.3 is 0 Å². The molecule has 1 aromatic rings. The lowest BCUT2D eigenvalue weighted by atomic mass is 10.1. The molecule has 1 atom stereocenters. The van der Waals surface area contributed by atoms with Crippen LogP contribution < -0.4 is 0 Å². The summed E-state index contributed by atoms with van der Waals surface area (Å²) in [6, 6.07) is 10.0. The molecule has 21 heavy (non-hydrogen) atoms. The van der Waals surface area contributed by atoms with Crippen LogP contribution in [0, 0.1) is 11.3 Å². The number of benzene rings is 1. The number of β-amino-alcohol motifs (C(OH)–C–C–N with tert-alkyl or cyclic N) is 1. The fourth-order valence-corrected chi connectivity index (χ4v) is 2.74. The molecular formula is C17H25N3O. The Morgan fingerprint density at radius 2 is 1.81 bits per heavy atom. The Morgan fingerprint density at radius 3 is 2.48 bits per heavy atom. The van der Waals surface area contributed by atoms with Crippen LogP contribution in [0.4, 0.5) is 0 Å². The maximum Gasteiger partial charge on any atom is 0.0991 e. The largest absolute Gasteiger partial charge is 0.392 e. The van der Waals surface area contributed by atoms with E-state index in [1.807, 2.05) is 31.2 Å². The molecule has 1 saturated heterocycles. The van der Waals surface area contributed by atoms with E-state index < -0.39 is 0 Å². The molecule has 4 heteroatoms. The van der Waals surface area contributed by atoms with Gasteiger partial charge in [0.05, 0.1) is 17.7 Å². The van der Waals surface area contributed by atoms with E-state index in [0.717, 1.165) is 52.1 Å². The number of nitriles is 1. The Hall–Kier alpha value is -1.41. The molecule has 1 aliphatic rings. The van der Waals surface area contributed by atoms with E-state index in [4.69, 9.17) is 5.26 Å². The third-order valence-electron chi connectivity index (χ3n) is 4.11. The van der Waals surface area contributed by atoms with Gasteiger partial charge in [-0.15, -0.1) is 0 Å². The van der Waals surface area contributed by atoms with Crippen LogP contribution in [0.15, 0.2) is 24.3 Å². The lowest BCUT2D eigenvalue weighted by Gasteiger charge is -2.23. The first-order valence-electron chi connectivity index (χ1n) is 7.83. The summed E-state index contributed by atoms with van der Waals surface area (Å²) < 4.78 is 0. The molecular weight excluding hydrogens is 262 g/mol. The van der Waals surface area contributed by atoms with E-state index in [2.05, 4.69) is 15.9 Å². The first-order chi connectivity index (χ1) is 10.2. The van der Waals surface area contributed by atoms with Gasteiger partial charge in [-0.2, -0.15) is 5.26 Å². The summed E-state index contributed by atoms with van der Waals surface area (Å²) in [5.74, 6) is 0. The summed E-state index contributed by atoms with van der Waals surface area (Å²) in [6.45, 7) is 7.99. The van der Waals surface area contributed by atoms with Crippen molar-refractivity contribution >= 4 is 0 Å². The lowest BCUT2D eigenvalue weighted by Crippen LogP contribution is -2.35. The SMILES string of the molecule is CCC(O)CN1CCCN(Cc2ccc(C#N)cc2)CC1. The number of nitrogens with zero attached hydrogens (tertiary/aromatic N) is 3. The minimum Gasteiger partial charge on any atom is -0.392 e. The van der Waals surface area contributed by atoms with Crippen molar-refractivity contribution < 1.29 is 5.11 Å². The highest BCUT2D eigenvalue weighted by Gasteiger charge is 2.16. The summed E-state index contributed by atoms with van der Waals surface area (Å²) in [7, 11) is 0. The highest BCUT2D eigenvalue weighted by Crippen LogP contribution is 2.11. The monoisotopic (exact) mass is 287 g/mol. The van der Waals surface area contributed by atoms with Crippen LogP contribution in [0.2, 0.25) is 0 Å². The average molecular weight is 287 g/mol. The Morgan fingerprint density at radius 1 is 1.14 bits per heavy atom. The molecule has 4 nitrogen and oxygen atoms in total. The van der Waals surface area contributed by atoms with E-state index in [1.165, 1.54) is 5.56 Å². The highest BCUT2D eigenvalue weighted by molar-refractivity contribution is 5.31. The van der Waals surface area contributed by atoms with Crippen molar-refractivity contribution in [3.63, 3.8) is 0 Å². The quantitative estimate of drug-likeness (QED) is 0.898. The minimum atomic E-state index is -0.199. The normalized spacial score (nSPS) is 18.9. The highest BCUT2D eigenvalue weighted by atomic mass is 16.3. The zero-order valence-electron chi connectivity index (χ0n) is 12.8. The summed E-state index contributed by atoms with van der Waals surface area (Å²) >= 11 is 0. The van der Waals surface area contributed by atoms with Gasteiger partial charge in [0.2, 0.25) is 0 Å². The molecule has 0 amide bonds. The van der Waals surface area contributed by atoms with E-state index in [1.54, 1.807) is 0 Å². The van der Waals surface area contributed by atoms with Gasteiger partial charge < -0.3 is 5.11 Å². The van der Waals surface area contributed by atoms with Crippen LogP contribution in [0.25, 0.3) is 0 Å². The predicted molar refractivity (Wildman–Crippen MR) is 83.8 cm³/mol. The van der Waals surface area contributed by atoms with Crippen LogP contribution in [0.5, 0.6) is 0 Å². The molecule has 1 fully saturated rings. The summed E-state index contributed by atoms with van der Waals surface area (Å²) in [4.78, 5) is 4.83. The molecule has 0 bridgehead atoms. The first kappa shape index (κ1) is 16.0. The van der Waals surface area contributed by atoms with Crippen LogP contribution >= 0.6 is 0 Å². The van der Waals surface area contributed by atoms with Crippen LogP contribution in [0.3, 0.4) is 0 Å². The van der Waals surface area contributed by atoms with Crippen molar-refractivity contribution in [2.45, 2.75) is 32.4 Å². The van der Waals surface area contributed by atoms with Crippen molar-refractivity contribution in [3.8, 4) is 6.07 Å². The maximum absolute atomic E-state index is 9.77. The molecule has 0 aromatic heterocycles. The molecule has 1 aliphatic heterocycles. The van der Waals surface area contributed by atoms with Crippen molar-refractivity contribution in [1.82, 2.24) is 9.80 Å². The van der Waals surface area contributed by atoms with Crippen LogP contribution in [0.1, 0.15) is 30.9 Å². The molecule has 1 unspecified atom stereocenters. The first-order valence-corrected chi connectivity index (χ1v) is 7.83. The Bertz CT molecular complexity index is 466. The third kappa shape index (κ3) is 5.13. The zero-order chi connectivity index (χ0) is 15.1. The smallest absolute Gasteiger partial charge is 0.0991 e. The Labute approximate surface area is 127 Å². The molecule has 0 spiro atoms. The molecule has 2 rings (SSSR count). The van der Waals surface area contributed by atoms with E-state index in [-0.39, 0.29) is 6.10 Å². The number of hydrogen-bond acceptors (Lipinski definition) is 4. The molecule has 1 N–H and O–H groups in total. The second-order valence-corrected chi connectivity index (χ2v) is 5.80. The number of aliphatic hydroxyl groups is 1. The Balaban J connectivity index is 1.83. The fourth-order valence-electron chi connectivity index (χ4n) is 2.74. The number of aliphatic hydroxyl groups excluding tert-OH is 1. The van der Waals surface area contributed by atoms with Gasteiger partial charge in [0.25, 0.3) is 0 Å². The van der Waals surface area contributed by atoms with Gasteiger partial charge in [0.15, 0.2) is 0 Å². The zero-order valence-corrected chi connectivity index (χ0v) is 12.8. The maximum atomic E-state index is 9.77. The van der Waals surface area contributed by atoms with Gasteiger partial charge in [-0.3, -0.25) is 9.80 Å². The fraction of sp³-hybridized carbons (Fsp3) is 0.588. The molecule has 0 aliphatic carbocycles. The standard InChI is InChI=1S/C17H25N3O/c1-2-17(21)14-20-9-3-8-19(10-11-20)13-16-6-4-15(12-18)5-7-16/h4-7,17,21H,2-3,8-11,13-14H2,1H3. The van der Waals surface area contributed by atoms with Crippen molar-refractivity contribution in [2.75, 3.05) is 32.7 Å². The van der Waals surface area contributed by atoms with Crippen LogP contribution in [-0.2, 0) is 6.54 Å². The summed E-state index contributed by atoms with van der Waals surface area (Å²) in [5, 5.41) is 18.6. The minimum absolute atomic E-state index is 0.199.